The zero-order valence-electron chi connectivity index (χ0n) is 12.2. The molecule has 4 nitrogen and oxygen atoms in total. The molecule has 128 valence electrons. The Morgan fingerprint density at radius 3 is 2.08 bits per heavy atom. The number of amides is 1. The number of anilines is 1. The van der Waals surface area contributed by atoms with Crippen LogP contribution in [0.3, 0.4) is 0 Å². The van der Waals surface area contributed by atoms with E-state index in [1.54, 1.807) is 35.8 Å². The van der Waals surface area contributed by atoms with Gasteiger partial charge in [0.2, 0.25) is 5.82 Å². The maximum atomic E-state index is 13.5. The highest BCUT2D eigenvalue weighted by Crippen LogP contribution is 2.26. The van der Waals surface area contributed by atoms with Crippen molar-refractivity contribution in [3.8, 4) is 0 Å². The fourth-order valence-electron chi connectivity index (χ4n) is 2.09. The third-order valence-electron chi connectivity index (χ3n) is 3.34. The number of aromatic nitrogens is 1. The Kier molecular flexibility index (Phi) is 4.22. The van der Waals surface area contributed by atoms with Crippen LogP contribution in [0.4, 0.5) is 27.6 Å². The number of fused-ring (bicyclic) bond motifs is 1. The lowest BCUT2D eigenvalue weighted by molar-refractivity contribution is 0.0958. The van der Waals surface area contributed by atoms with Crippen LogP contribution in [0.2, 0.25) is 0 Å². The number of hydrazine groups is 1. The fraction of sp³-hybridized carbons (Fsp3) is 0. The Bertz CT molecular complexity index is 964. The van der Waals surface area contributed by atoms with Gasteiger partial charge in [-0.2, -0.15) is 0 Å². The summed E-state index contributed by atoms with van der Waals surface area (Å²) in [6.45, 7) is 0. The standard InChI is InChI=1S/C16H8F5N3O/c17-10-11(18)13(20)15(14(21)12(10)19)23-24-16(25)9-6-5-7-3-1-2-4-8(7)22-9/h1-6,23H,(H,24,25). The van der Waals surface area contributed by atoms with Crippen molar-refractivity contribution < 1.29 is 26.7 Å². The molecule has 2 N–H and O–H groups in total. The topological polar surface area (TPSA) is 54.0 Å². The van der Waals surface area contributed by atoms with Crippen molar-refractivity contribution in [2.75, 3.05) is 5.43 Å². The minimum absolute atomic E-state index is 0.116. The summed E-state index contributed by atoms with van der Waals surface area (Å²) < 4.78 is 66.2. The first-order valence-electron chi connectivity index (χ1n) is 6.83. The number of carbonyl (C=O) groups is 1. The Labute approximate surface area is 137 Å². The van der Waals surface area contributed by atoms with Gasteiger partial charge >= 0.3 is 0 Å². The number of rotatable bonds is 3. The van der Waals surface area contributed by atoms with Gasteiger partial charge in [-0.15, -0.1) is 0 Å². The highest BCUT2D eigenvalue weighted by Gasteiger charge is 2.26. The van der Waals surface area contributed by atoms with Crippen LogP contribution in [0.1, 0.15) is 10.5 Å². The molecule has 0 aliphatic carbocycles. The van der Waals surface area contributed by atoms with Crippen LogP contribution in [-0.2, 0) is 0 Å². The number of nitrogens with zero attached hydrogens (tertiary/aromatic N) is 1. The molecule has 0 atom stereocenters. The van der Waals surface area contributed by atoms with E-state index >= 15 is 0 Å². The van der Waals surface area contributed by atoms with Gasteiger partial charge < -0.3 is 0 Å². The molecule has 0 aliphatic heterocycles. The van der Waals surface area contributed by atoms with Crippen molar-refractivity contribution in [3.63, 3.8) is 0 Å². The summed E-state index contributed by atoms with van der Waals surface area (Å²) in [4.78, 5) is 16.0. The van der Waals surface area contributed by atoms with Gasteiger partial charge in [0.1, 0.15) is 11.4 Å². The van der Waals surface area contributed by atoms with E-state index in [9.17, 15) is 26.7 Å². The molecule has 2 aromatic carbocycles. The summed E-state index contributed by atoms with van der Waals surface area (Å²) in [7, 11) is 0. The summed E-state index contributed by atoms with van der Waals surface area (Å²) in [6.07, 6.45) is 0. The Hall–Kier alpha value is -3.23. The number of benzene rings is 2. The zero-order chi connectivity index (χ0) is 18.1. The van der Waals surface area contributed by atoms with Gasteiger partial charge in [0.05, 0.1) is 5.52 Å². The van der Waals surface area contributed by atoms with E-state index in [2.05, 4.69) is 4.98 Å². The number of halogens is 5. The molecule has 0 unspecified atom stereocenters. The first-order chi connectivity index (χ1) is 11.9. The van der Waals surface area contributed by atoms with Crippen molar-refractivity contribution in [1.29, 1.82) is 0 Å². The quantitative estimate of drug-likeness (QED) is 0.327. The second kappa shape index (κ2) is 6.34. The highest BCUT2D eigenvalue weighted by molar-refractivity contribution is 5.95. The second-order valence-corrected chi connectivity index (χ2v) is 4.91. The van der Waals surface area contributed by atoms with Crippen LogP contribution in [-0.4, -0.2) is 10.9 Å². The number of nitrogens with one attached hydrogen (secondary N) is 2. The fourth-order valence-corrected chi connectivity index (χ4v) is 2.09. The molecule has 9 heteroatoms. The molecule has 3 rings (SSSR count). The van der Waals surface area contributed by atoms with Crippen LogP contribution < -0.4 is 10.9 Å². The predicted octanol–water partition coefficient (Wildman–Crippen LogP) is 3.69. The number of hydrogen-bond acceptors (Lipinski definition) is 3. The number of pyridine rings is 1. The number of hydrogen-bond donors (Lipinski definition) is 2. The summed E-state index contributed by atoms with van der Waals surface area (Å²) in [5.41, 5.74) is 2.55. The molecule has 0 saturated heterocycles. The zero-order valence-corrected chi connectivity index (χ0v) is 12.2. The first-order valence-corrected chi connectivity index (χ1v) is 6.83. The third kappa shape index (κ3) is 2.95. The van der Waals surface area contributed by atoms with Crippen molar-refractivity contribution in [2.45, 2.75) is 0 Å². The van der Waals surface area contributed by atoms with Gasteiger partial charge in [-0.25, -0.2) is 26.9 Å². The van der Waals surface area contributed by atoms with E-state index in [1.807, 2.05) is 5.43 Å². The van der Waals surface area contributed by atoms with E-state index in [0.717, 1.165) is 5.39 Å². The minimum Gasteiger partial charge on any atom is -0.293 e. The van der Waals surface area contributed by atoms with E-state index in [1.165, 1.54) is 6.07 Å². The molecular weight excluding hydrogens is 345 g/mol. The van der Waals surface area contributed by atoms with Gasteiger partial charge in [0, 0.05) is 5.39 Å². The Morgan fingerprint density at radius 2 is 1.40 bits per heavy atom. The van der Waals surface area contributed by atoms with E-state index < -0.39 is 40.7 Å². The number of para-hydroxylation sites is 1. The van der Waals surface area contributed by atoms with Crippen molar-refractivity contribution in [3.05, 3.63) is 71.2 Å². The molecule has 1 aromatic heterocycles. The molecule has 25 heavy (non-hydrogen) atoms. The molecular formula is C16H8F5N3O. The van der Waals surface area contributed by atoms with Gasteiger partial charge in [-0.3, -0.25) is 15.6 Å². The maximum Gasteiger partial charge on any atom is 0.288 e. The molecule has 0 spiro atoms. The SMILES string of the molecule is O=C(NNc1c(F)c(F)c(F)c(F)c1F)c1ccc2ccccc2n1. The van der Waals surface area contributed by atoms with Crippen LogP contribution in [0.5, 0.6) is 0 Å². The van der Waals surface area contributed by atoms with Crippen LogP contribution >= 0.6 is 0 Å². The molecule has 3 aromatic rings. The predicted molar refractivity (Wildman–Crippen MR) is 79.1 cm³/mol. The largest absolute Gasteiger partial charge is 0.293 e. The van der Waals surface area contributed by atoms with Crippen molar-refractivity contribution in [1.82, 2.24) is 10.4 Å². The molecule has 1 amide bonds. The molecule has 0 saturated carbocycles. The average molecular weight is 353 g/mol. The van der Waals surface area contributed by atoms with Crippen LogP contribution in [0.15, 0.2) is 36.4 Å². The lowest BCUT2D eigenvalue weighted by Crippen LogP contribution is -2.31. The Morgan fingerprint density at radius 1 is 0.800 bits per heavy atom. The Balaban J connectivity index is 1.85. The van der Waals surface area contributed by atoms with E-state index in [-0.39, 0.29) is 5.69 Å². The molecule has 0 aliphatic rings. The minimum atomic E-state index is -2.29. The monoisotopic (exact) mass is 353 g/mol. The average Bonchev–Trinajstić information content (AvgIpc) is 2.64. The first kappa shape index (κ1) is 16.6. The van der Waals surface area contributed by atoms with Crippen molar-refractivity contribution >= 4 is 22.5 Å². The summed E-state index contributed by atoms with van der Waals surface area (Å²) in [5, 5.41) is 0.756. The molecule has 0 fully saturated rings. The van der Waals surface area contributed by atoms with Gasteiger partial charge in [-0.05, 0) is 12.1 Å². The second-order valence-electron chi connectivity index (χ2n) is 4.91. The van der Waals surface area contributed by atoms with Crippen molar-refractivity contribution in [2.24, 2.45) is 0 Å². The summed E-state index contributed by atoms with van der Waals surface area (Å²) in [5.74, 6) is -11.6. The summed E-state index contributed by atoms with van der Waals surface area (Å²) >= 11 is 0. The van der Waals surface area contributed by atoms with E-state index in [0.29, 0.717) is 5.52 Å². The molecule has 1 heterocycles. The van der Waals surface area contributed by atoms with Crippen LogP contribution in [0.25, 0.3) is 10.9 Å². The van der Waals surface area contributed by atoms with Crippen LogP contribution in [0, 0.1) is 29.1 Å². The molecule has 0 bridgehead atoms. The highest BCUT2D eigenvalue weighted by atomic mass is 19.2. The maximum absolute atomic E-state index is 13.5. The molecule has 0 radical (unpaired) electrons. The van der Waals surface area contributed by atoms with E-state index in [4.69, 9.17) is 0 Å². The smallest absolute Gasteiger partial charge is 0.288 e. The normalized spacial score (nSPS) is 10.8. The van der Waals surface area contributed by atoms with Gasteiger partial charge in [0.15, 0.2) is 23.3 Å². The van der Waals surface area contributed by atoms with Gasteiger partial charge in [0.25, 0.3) is 5.91 Å². The lowest BCUT2D eigenvalue weighted by atomic mass is 10.2. The van der Waals surface area contributed by atoms with Gasteiger partial charge in [-0.1, -0.05) is 24.3 Å². The number of carbonyl (C=O) groups excluding carboxylic acids is 1. The third-order valence-corrected chi connectivity index (χ3v) is 3.34. The lowest BCUT2D eigenvalue weighted by Gasteiger charge is -2.11. The summed E-state index contributed by atoms with van der Waals surface area (Å²) in [6, 6.07) is 9.81.